The first-order valence-electron chi connectivity index (χ1n) is 12.1. The number of hydrogen-bond acceptors (Lipinski definition) is 5. The van der Waals surface area contributed by atoms with E-state index in [0.717, 1.165) is 22.3 Å². The number of carbonyl (C=O) groups excluding carboxylic acids is 2. The van der Waals surface area contributed by atoms with Crippen molar-refractivity contribution in [1.82, 2.24) is 4.90 Å². The first-order chi connectivity index (χ1) is 17.1. The Morgan fingerprint density at radius 1 is 0.743 bits per heavy atom. The normalized spacial score (nSPS) is 15.0. The third kappa shape index (κ3) is 4.77. The number of rotatable bonds is 8. The maximum absolute atomic E-state index is 13.9. The van der Waals surface area contributed by atoms with E-state index in [1.807, 2.05) is 95.9 Å². The van der Waals surface area contributed by atoms with E-state index in [4.69, 9.17) is 9.47 Å². The Labute approximate surface area is 207 Å². The summed E-state index contributed by atoms with van der Waals surface area (Å²) in [5, 5.41) is 0. The number of esters is 2. The van der Waals surface area contributed by atoms with E-state index in [2.05, 4.69) is 0 Å². The lowest BCUT2D eigenvalue weighted by atomic mass is 9.81. The van der Waals surface area contributed by atoms with Gasteiger partial charge in [0.2, 0.25) is 5.54 Å². The van der Waals surface area contributed by atoms with Gasteiger partial charge in [0.1, 0.15) is 0 Å². The van der Waals surface area contributed by atoms with Crippen LogP contribution >= 0.6 is 0 Å². The molecule has 1 aliphatic rings. The van der Waals surface area contributed by atoms with Crippen LogP contribution in [0.2, 0.25) is 0 Å². The van der Waals surface area contributed by atoms with Crippen molar-refractivity contribution in [3.63, 3.8) is 0 Å². The average Bonchev–Trinajstić information content (AvgIpc) is 3.26. The van der Waals surface area contributed by atoms with Gasteiger partial charge in [-0.25, -0.2) is 9.59 Å². The van der Waals surface area contributed by atoms with Crippen LogP contribution in [0.3, 0.4) is 0 Å². The molecule has 1 aliphatic heterocycles. The molecule has 1 saturated heterocycles. The van der Waals surface area contributed by atoms with Gasteiger partial charge in [-0.1, -0.05) is 91.0 Å². The van der Waals surface area contributed by atoms with Crippen LogP contribution in [0.1, 0.15) is 37.0 Å². The second kappa shape index (κ2) is 11.2. The van der Waals surface area contributed by atoms with Crippen molar-refractivity contribution in [3.05, 3.63) is 113 Å². The molecule has 3 aromatic carbocycles. The maximum atomic E-state index is 13.9. The van der Waals surface area contributed by atoms with Crippen molar-refractivity contribution >= 4 is 17.5 Å². The Bertz CT molecular complexity index is 1110. The summed E-state index contributed by atoms with van der Waals surface area (Å²) in [5.41, 5.74) is 2.78. The summed E-state index contributed by atoms with van der Waals surface area (Å²) in [5.74, 6) is -1.18. The Morgan fingerprint density at radius 3 is 1.66 bits per heavy atom. The zero-order valence-electron chi connectivity index (χ0n) is 20.3. The first-order valence-corrected chi connectivity index (χ1v) is 12.1. The third-order valence-corrected chi connectivity index (χ3v) is 6.33. The summed E-state index contributed by atoms with van der Waals surface area (Å²) in [7, 11) is 0. The fraction of sp³-hybridized carbons (Fsp3) is 0.267. The highest BCUT2D eigenvalue weighted by Crippen LogP contribution is 2.44. The molecule has 1 heterocycles. The molecule has 0 spiro atoms. The van der Waals surface area contributed by atoms with Crippen LogP contribution in [0, 0.1) is 0 Å². The van der Waals surface area contributed by atoms with Crippen LogP contribution in [-0.2, 0) is 25.6 Å². The molecule has 0 aliphatic carbocycles. The molecule has 0 N–H and O–H groups in total. The van der Waals surface area contributed by atoms with E-state index in [1.165, 1.54) is 0 Å². The molecule has 0 atom stereocenters. The SMILES string of the molecule is CCOC(=O)C1(C(=O)OCC)C(=C(c2ccccc2)c2ccccc2)CCN1Cc1ccccc1. The summed E-state index contributed by atoms with van der Waals surface area (Å²) < 4.78 is 11.2. The van der Waals surface area contributed by atoms with Crippen LogP contribution in [0.4, 0.5) is 0 Å². The lowest BCUT2D eigenvalue weighted by Gasteiger charge is -2.36. The van der Waals surface area contributed by atoms with E-state index < -0.39 is 17.5 Å². The van der Waals surface area contributed by atoms with E-state index in [0.29, 0.717) is 25.1 Å². The fourth-order valence-electron chi connectivity index (χ4n) is 4.88. The summed E-state index contributed by atoms with van der Waals surface area (Å²) >= 11 is 0. The number of hydrogen-bond donors (Lipinski definition) is 0. The van der Waals surface area contributed by atoms with Gasteiger partial charge in [0, 0.05) is 13.1 Å². The minimum Gasteiger partial charge on any atom is -0.464 e. The molecule has 1 fully saturated rings. The lowest BCUT2D eigenvalue weighted by molar-refractivity contribution is -0.170. The van der Waals surface area contributed by atoms with Gasteiger partial charge in [0.25, 0.3) is 0 Å². The van der Waals surface area contributed by atoms with Gasteiger partial charge in [0.05, 0.1) is 13.2 Å². The van der Waals surface area contributed by atoms with E-state index in [-0.39, 0.29) is 13.2 Å². The predicted octanol–water partition coefficient (Wildman–Crippen LogP) is 5.26. The molecule has 5 nitrogen and oxygen atoms in total. The Morgan fingerprint density at radius 2 is 1.20 bits per heavy atom. The molecular weight excluding hydrogens is 438 g/mol. The van der Waals surface area contributed by atoms with Crippen molar-refractivity contribution < 1.29 is 19.1 Å². The number of ether oxygens (including phenoxy) is 2. The molecule has 0 aromatic heterocycles. The van der Waals surface area contributed by atoms with Gasteiger partial charge in [-0.3, -0.25) is 4.90 Å². The lowest BCUT2D eigenvalue weighted by Crippen LogP contribution is -2.59. The zero-order chi connectivity index (χ0) is 24.7. The quantitative estimate of drug-likeness (QED) is 0.333. The van der Waals surface area contributed by atoms with Gasteiger partial charge in [0.15, 0.2) is 0 Å². The minimum atomic E-state index is -1.68. The van der Waals surface area contributed by atoms with Crippen molar-refractivity contribution in [2.24, 2.45) is 0 Å². The van der Waals surface area contributed by atoms with Gasteiger partial charge >= 0.3 is 11.9 Å². The number of benzene rings is 3. The van der Waals surface area contributed by atoms with Crippen LogP contribution in [-0.4, -0.2) is 42.1 Å². The second-order valence-corrected chi connectivity index (χ2v) is 8.39. The van der Waals surface area contributed by atoms with Gasteiger partial charge in [-0.2, -0.15) is 0 Å². The smallest absolute Gasteiger partial charge is 0.342 e. The second-order valence-electron chi connectivity index (χ2n) is 8.39. The summed E-state index contributed by atoms with van der Waals surface area (Å²) in [4.78, 5) is 29.6. The van der Waals surface area contributed by atoms with Crippen LogP contribution in [0.15, 0.2) is 96.6 Å². The Kier molecular flexibility index (Phi) is 7.78. The van der Waals surface area contributed by atoms with E-state index in [9.17, 15) is 9.59 Å². The van der Waals surface area contributed by atoms with Gasteiger partial charge in [-0.15, -0.1) is 0 Å². The van der Waals surface area contributed by atoms with Crippen molar-refractivity contribution in [2.75, 3.05) is 19.8 Å². The predicted molar refractivity (Wildman–Crippen MR) is 136 cm³/mol. The highest BCUT2D eigenvalue weighted by molar-refractivity contribution is 6.12. The summed E-state index contributed by atoms with van der Waals surface area (Å²) in [6, 6.07) is 29.7. The molecule has 0 radical (unpaired) electrons. The van der Waals surface area contributed by atoms with Crippen molar-refractivity contribution in [2.45, 2.75) is 32.4 Å². The summed E-state index contributed by atoms with van der Waals surface area (Å²) in [6.07, 6.45) is 0.531. The minimum absolute atomic E-state index is 0.165. The molecule has 180 valence electrons. The van der Waals surface area contributed by atoms with Gasteiger partial charge in [-0.05, 0) is 48.1 Å². The van der Waals surface area contributed by atoms with Crippen molar-refractivity contribution in [3.8, 4) is 0 Å². The maximum Gasteiger partial charge on any atom is 0.342 e. The standard InChI is InChI=1S/C30H31NO4/c1-3-34-28(32)30(29(33)35-4-2)26(20-21-31(30)22-23-14-8-5-9-15-23)27(24-16-10-6-11-17-24)25-18-12-7-13-19-25/h5-19H,3-4,20-22H2,1-2H3. The van der Waals surface area contributed by atoms with E-state index in [1.54, 1.807) is 13.8 Å². The average molecular weight is 470 g/mol. The molecular formula is C30H31NO4. The van der Waals surface area contributed by atoms with Crippen LogP contribution < -0.4 is 0 Å². The number of carbonyl (C=O) groups is 2. The van der Waals surface area contributed by atoms with Crippen molar-refractivity contribution in [1.29, 1.82) is 0 Å². The van der Waals surface area contributed by atoms with Crippen LogP contribution in [0.5, 0.6) is 0 Å². The van der Waals surface area contributed by atoms with Crippen LogP contribution in [0.25, 0.3) is 5.57 Å². The third-order valence-electron chi connectivity index (χ3n) is 6.33. The number of likely N-dealkylation sites (tertiary alicyclic amines) is 1. The molecule has 4 rings (SSSR count). The number of nitrogens with zero attached hydrogens (tertiary/aromatic N) is 1. The Hall–Kier alpha value is -3.70. The molecule has 3 aromatic rings. The zero-order valence-corrected chi connectivity index (χ0v) is 20.3. The largest absolute Gasteiger partial charge is 0.464 e. The molecule has 0 unspecified atom stereocenters. The molecule has 0 bridgehead atoms. The topological polar surface area (TPSA) is 55.8 Å². The van der Waals surface area contributed by atoms with Gasteiger partial charge < -0.3 is 9.47 Å². The first kappa shape index (κ1) is 24.4. The fourth-order valence-corrected chi connectivity index (χ4v) is 4.88. The Balaban J connectivity index is 2.01. The summed E-state index contributed by atoms with van der Waals surface area (Å²) in [6.45, 7) is 4.78. The molecule has 5 heteroatoms. The monoisotopic (exact) mass is 469 g/mol. The molecule has 0 saturated carbocycles. The molecule has 0 amide bonds. The highest BCUT2D eigenvalue weighted by Gasteiger charge is 2.60. The highest BCUT2D eigenvalue weighted by atomic mass is 16.6. The van der Waals surface area contributed by atoms with E-state index >= 15 is 0 Å². The molecule has 35 heavy (non-hydrogen) atoms.